The summed E-state index contributed by atoms with van der Waals surface area (Å²) in [5, 5.41) is 0.244. The van der Waals surface area contributed by atoms with Crippen LogP contribution in [0.3, 0.4) is 0 Å². The molecule has 23 heavy (non-hydrogen) atoms. The first-order valence-electron chi connectivity index (χ1n) is 9.25. The zero-order valence-corrected chi connectivity index (χ0v) is 16.8. The summed E-state index contributed by atoms with van der Waals surface area (Å²) in [5.74, 6) is 7.63. The van der Waals surface area contributed by atoms with E-state index >= 15 is 0 Å². The molecule has 0 aromatic heterocycles. The first kappa shape index (κ1) is 17.3. The Morgan fingerprint density at radius 2 is 2.09 bits per heavy atom. The van der Waals surface area contributed by atoms with E-state index in [-0.39, 0.29) is 16.7 Å². The topological polar surface area (TPSA) is 12.5 Å². The molecule has 0 aromatic rings. The first-order chi connectivity index (χ1) is 10.6. The van der Waals surface area contributed by atoms with Crippen molar-refractivity contribution in [1.82, 2.24) is 4.90 Å². The van der Waals surface area contributed by atoms with Gasteiger partial charge in [-0.2, -0.15) is 0 Å². The molecule has 0 radical (unpaired) electrons. The van der Waals surface area contributed by atoms with E-state index in [2.05, 4.69) is 64.1 Å². The maximum absolute atomic E-state index is 6.96. The Balaban J connectivity index is 2.00. The Labute approximate surface area is 143 Å². The van der Waals surface area contributed by atoms with E-state index in [4.69, 9.17) is 4.43 Å². The van der Waals surface area contributed by atoms with Crippen LogP contribution in [-0.2, 0) is 4.43 Å². The third-order valence-corrected chi connectivity index (χ3v) is 11.3. The highest BCUT2D eigenvalue weighted by Crippen LogP contribution is 2.56. The van der Waals surface area contributed by atoms with Gasteiger partial charge >= 0.3 is 0 Å². The van der Waals surface area contributed by atoms with Crippen molar-refractivity contribution in [1.29, 1.82) is 0 Å². The van der Waals surface area contributed by atoms with Crippen molar-refractivity contribution >= 4 is 8.32 Å². The number of piperidine rings is 1. The van der Waals surface area contributed by atoms with Crippen LogP contribution in [-0.4, -0.2) is 37.4 Å². The minimum atomic E-state index is -1.79. The van der Waals surface area contributed by atoms with E-state index in [9.17, 15) is 0 Å². The third kappa shape index (κ3) is 2.45. The van der Waals surface area contributed by atoms with Gasteiger partial charge in [-0.3, -0.25) is 4.90 Å². The minimum Gasteiger partial charge on any atom is -0.411 e. The van der Waals surface area contributed by atoms with Crippen molar-refractivity contribution in [3.05, 3.63) is 12.2 Å². The Morgan fingerprint density at radius 3 is 2.70 bits per heavy atom. The minimum absolute atomic E-state index is 0.0778. The third-order valence-electron chi connectivity index (χ3n) is 6.78. The van der Waals surface area contributed by atoms with Crippen LogP contribution in [0.4, 0.5) is 0 Å². The molecule has 3 fully saturated rings. The van der Waals surface area contributed by atoms with Crippen LogP contribution in [0.5, 0.6) is 0 Å². The molecule has 0 aromatic carbocycles. The van der Waals surface area contributed by atoms with Gasteiger partial charge in [0.15, 0.2) is 8.32 Å². The highest BCUT2D eigenvalue weighted by atomic mass is 28.4. The Hall–Kier alpha value is -0.563. The molecule has 2 nitrogen and oxygen atoms in total. The molecule has 3 unspecified atom stereocenters. The van der Waals surface area contributed by atoms with Gasteiger partial charge in [-0.25, -0.2) is 0 Å². The second-order valence-electron chi connectivity index (χ2n) is 9.13. The molecule has 0 amide bonds. The first-order valence-corrected chi connectivity index (χ1v) is 12.2. The average molecular weight is 332 g/mol. The predicted molar refractivity (Wildman–Crippen MR) is 99.8 cm³/mol. The Kier molecular flexibility index (Phi) is 4.11. The fraction of sp³-hybridized carbons (Fsp3) is 0.800. The van der Waals surface area contributed by atoms with Gasteiger partial charge in [0.05, 0.1) is 6.10 Å². The van der Waals surface area contributed by atoms with Crippen molar-refractivity contribution in [2.45, 2.75) is 89.2 Å². The molecule has 3 aliphatic heterocycles. The molecule has 0 spiro atoms. The lowest BCUT2D eigenvalue weighted by molar-refractivity contribution is 0.0668. The molecule has 0 aliphatic carbocycles. The van der Waals surface area contributed by atoms with Gasteiger partial charge in [0.1, 0.15) is 5.54 Å². The molecule has 3 rings (SSSR count). The van der Waals surface area contributed by atoms with Gasteiger partial charge in [0, 0.05) is 24.9 Å². The number of hydrogen-bond donors (Lipinski definition) is 0. The average Bonchev–Trinajstić information content (AvgIpc) is 2.83. The Morgan fingerprint density at radius 1 is 1.39 bits per heavy atom. The Bertz CT molecular complexity index is 564. The van der Waals surface area contributed by atoms with E-state index in [1.165, 1.54) is 18.5 Å². The molecule has 5 atom stereocenters. The van der Waals surface area contributed by atoms with Crippen molar-refractivity contribution in [3.8, 4) is 11.8 Å². The van der Waals surface area contributed by atoms with Crippen LogP contribution < -0.4 is 0 Å². The van der Waals surface area contributed by atoms with Crippen LogP contribution in [0, 0.1) is 17.8 Å². The van der Waals surface area contributed by atoms with Crippen molar-refractivity contribution < 1.29 is 4.43 Å². The van der Waals surface area contributed by atoms with E-state index in [1.54, 1.807) is 0 Å². The molecule has 3 aliphatic rings. The molecule has 0 saturated carbocycles. The monoisotopic (exact) mass is 331 g/mol. The standard InChI is InChI=1S/C20H33NOSi/c1-8-9-11-20-17-10-12-21(20)16(13-15(17)2)14-18(20)22-23(6,7)19(3,4)5/h16-18H,2,8,10,12-14H2,1,3-7H3/t16?,17?,18-,20-/m0/s1. The van der Waals surface area contributed by atoms with Gasteiger partial charge in [-0.1, -0.05) is 45.8 Å². The fourth-order valence-corrected chi connectivity index (χ4v) is 5.96. The van der Waals surface area contributed by atoms with E-state index < -0.39 is 8.32 Å². The fourth-order valence-electron chi connectivity index (χ4n) is 4.61. The summed E-state index contributed by atoms with van der Waals surface area (Å²) in [5.41, 5.74) is 1.35. The largest absolute Gasteiger partial charge is 0.411 e. The molecular weight excluding hydrogens is 298 g/mol. The van der Waals surface area contributed by atoms with E-state index in [0.29, 0.717) is 12.0 Å². The molecule has 3 saturated heterocycles. The number of nitrogens with zero attached hydrogens (tertiary/aromatic N) is 1. The van der Waals surface area contributed by atoms with Crippen LogP contribution in [0.1, 0.15) is 53.4 Å². The van der Waals surface area contributed by atoms with Crippen molar-refractivity contribution in [3.63, 3.8) is 0 Å². The van der Waals surface area contributed by atoms with E-state index in [0.717, 1.165) is 19.3 Å². The summed E-state index contributed by atoms with van der Waals surface area (Å²) in [6, 6.07) is 0.599. The summed E-state index contributed by atoms with van der Waals surface area (Å²) in [4.78, 5) is 2.69. The van der Waals surface area contributed by atoms with Crippen molar-refractivity contribution in [2.24, 2.45) is 5.92 Å². The number of hydrogen-bond acceptors (Lipinski definition) is 2. The van der Waals surface area contributed by atoms with Crippen LogP contribution >= 0.6 is 0 Å². The summed E-state index contributed by atoms with van der Waals surface area (Å²) in [6.45, 7) is 19.5. The summed E-state index contributed by atoms with van der Waals surface area (Å²) < 4.78 is 6.96. The summed E-state index contributed by atoms with van der Waals surface area (Å²) >= 11 is 0. The van der Waals surface area contributed by atoms with Gasteiger partial charge in [0.2, 0.25) is 0 Å². The quantitative estimate of drug-likeness (QED) is 0.417. The molecule has 0 N–H and O–H groups in total. The second kappa shape index (κ2) is 5.48. The van der Waals surface area contributed by atoms with Crippen LogP contribution in [0.25, 0.3) is 0 Å². The van der Waals surface area contributed by atoms with E-state index in [1.807, 2.05) is 0 Å². The van der Waals surface area contributed by atoms with Crippen molar-refractivity contribution in [2.75, 3.05) is 6.54 Å². The molecule has 4 bridgehead atoms. The lowest BCUT2D eigenvalue weighted by Gasteiger charge is -2.46. The highest BCUT2D eigenvalue weighted by Gasteiger charge is 2.65. The maximum Gasteiger partial charge on any atom is 0.192 e. The zero-order valence-electron chi connectivity index (χ0n) is 15.8. The normalized spacial score (nSPS) is 39.3. The summed E-state index contributed by atoms with van der Waals surface area (Å²) in [7, 11) is -1.79. The SMILES string of the molecule is C=C1CC2C[C@H](O[Si](C)(C)C(C)(C)C)[C@]3(C#CCC)C1CCN23. The van der Waals surface area contributed by atoms with Gasteiger partial charge in [0.25, 0.3) is 0 Å². The zero-order chi connectivity index (χ0) is 17.0. The van der Waals surface area contributed by atoms with Crippen LogP contribution in [0.15, 0.2) is 12.2 Å². The highest BCUT2D eigenvalue weighted by molar-refractivity contribution is 6.74. The number of rotatable bonds is 2. The van der Waals surface area contributed by atoms with Gasteiger partial charge in [-0.15, -0.1) is 5.92 Å². The molecule has 3 heterocycles. The van der Waals surface area contributed by atoms with Crippen LogP contribution in [0.2, 0.25) is 18.1 Å². The summed E-state index contributed by atoms with van der Waals surface area (Å²) in [6.07, 6.45) is 4.69. The molecule has 3 heteroatoms. The maximum atomic E-state index is 6.96. The molecule has 128 valence electrons. The van der Waals surface area contributed by atoms with Gasteiger partial charge < -0.3 is 4.43 Å². The predicted octanol–water partition coefficient (Wildman–Crippen LogP) is 4.58. The smallest absolute Gasteiger partial charge is 0.192 e. The second-order valence-corrected chi connectivity index (χ2v) is 13.9. The van der Waals surface area contributed by atoms with Gasteiger partial charge in [-0.05, 0) is 37.4 Å². The molecular formula is C20H33NOSi. The lowest BCUT2D eigenvalue weighted by atomic mass is 9.76. The lowest BCUT2D eigenvalue weighted by Crippen LogP contribution is -2.57.